The number of hydrogen-bond acceptors (Lipinski definition) is 2. The number of nitrogens with one attached hydrogen (secondary N) is 1. The van der Waals surface area contributed by atoms with Crippen LogP contribution >= 0.6 is 0 Å². The molecule has 1 fully saturated rings. The van der Waals surface area contributed by atoms with E-state index >= 15 is 0 Å². The number of benzene rings is 2. The quantitative estimate of drug-likeness (QED) is 0.563. The summed E-state index contributed by atoms with van der Waals surface area (Å²) < 4.78 is 0. The van der Waals surface area contributed by atoms with Gasteiger partial charge in [0.1, 0.15) is 0 Å². The average Bonchev–Trinajstić information content (AvgIpc) is 2.70. The van der Waals surface area contributed by atoms with Crippen molar-refractivity contribution < 1.29 is 5.11 Å². The first-order valence-electron chi connectivity index (χ1n) is 10.7. The second kappa shape index (κ2) is 10.4. The molecule has 1 saturated heterocycles. The van der Waals surface area contributed by atoms with Crippen LogP contribution in [0, 0.1) is 6.92 Å². The van der Waals surface area contributed by atoms with E-state index in [1.54, 1.807) is 0 Å². The summed E-state index contributed by atoms with van der Waals surface area (Å²) in [7, 11) is 0. The van der Waals surface area contributed by atoms with E-state index in [1.165, 1.54) is 39.0 Å². The number of aryl methyl sites for hydroxylation is 1. The molecule has 0 saturated carbocycles. The van der Waals surface area contributed by atoms with Crippen molar-refractivity contribution in [1.29, 1.82) is 0 Å². The third-order valence-electron chi connectivity index (χ3n) is 5.68. The minimum Gasteiger partial charge on any atom is -0.396 e. The maximum absolute atomic E-state index is 9.52. The van der Waals surface area contributed by atoms with Gasteiger partial charge in [-0.2, -0.15) is 0 Å². The zero-order valence-corrected chi connectivity index (χ0v) is 17.9. The maximum atomic E-state index is 9.52. The van der Waals surface area contributed by atoms with Crippen molar-refractivity contribution in [3.63, 3.8) is 0 Å². The summed E-state index contributed by atoms with van der Waals surface area (Å²) >= 11 is 0. The minimum atomic E-state index is 0.200. The lowest BCUT2D eigenvalue weighted by Crippen LogP contribution is -2.39. The van der Waals surface area contributed by atoms with Gasteiger partial charge < -0.3 is 10.4 Å². The van der Waals surface area contributed by atoms with Crippen LogP contribution in [0.5, 0.6) is 0 Å². The smallest absolute Gasteiger partial charge is 0.0434 e. The number of aliphatic hydroxyl groups is 1. The number of hydrogen-bond donors (Lipinski definition) is 2. The van der Waals surface area contributed by atoms with Crippen LogP contribution in [0.1, 0.15) is 54.9 Å². The highest BCUT2D eigenvalue weighted by atomic mass is 16.2. The van der Waals surface area contributed by atoms with E-state index < -0.39 is 0 Å². The molecule has 2 aromatic carbocycles. The molecule has 0 radical (unpaired) electrons. The van der Waals surface area contributed by atoms with E-state index in [1.807, 2.05) is 0 Å². The Balaban J connectivity index is 2.15. The Morgan fingerprint density at radius 3 is 2.10 bits per heavy atom. The average molecular weight is 388 g/mol. The summed E-state index contributed by atoms with van der Waals surface area (Å²) in [6.45, 7) is 8.62. The second-order valence-electron chi connectivity index (χ2n) is 7.77. The zero-order chi connectivity index (χ0) is 20.6. The van der Waals surface area contributed by atoms with Crippen LogP contribution in [-0.4, -0.2) is 24.8 Å². The Hall–Kier alpha value is -2.42. The zero-order valence-electron chi connectivity index (χ0n) is 17.9. The van der Waals surface area contributed by atoms with E-state index in [-0.39, 0.29) is 6.61 Å². The van der Waals surface area contributed by atoms with Gasteiger partial charge in [0, 0.05) is 25.6 Å². The van der Waals surface area contributed by atoms with Crippen LogP contribution in [0.15, 0.2) is 77.9 Å². The normalized spacial score (nSPS) is 16.1. The van der Waals surface area contributed by atoms with Gasteiger partial charge in [-0.15, -0.1) is 0 Å². The van der Waals surface area contributed by atoms with E-state index in [0.29, 0.717) is 5.92 Å². The van der Waals surface area contributed by atoms with E-state index in [4.69, 9.17) is 0 Å². The molecule has 2 N–H and O–H groups in total. The fourth-order valence-electron chi connectivity index (χ4n) is 3.90. The molecule has 3 rings (SSSR count). The third kappa shape index (κ3) is 5.14. The molecule has 0 atom stereocenters. The molecule has 2 aromatic rings. The molecule has 1 heterocycles. The van der Waals surface area contributed by atoms with Crippen LogP contribution in [-0.2, 0) is 0 Å². The lowest BCUT2D eigenvalue weighted by Gasteiger charge is -2.27. The molecule has 0 bridgehead atoms. The first-order valence-corrected chi connectivity index (χ1v) is 10.7. The highest BCUT2D eigenvalue weighted by molar-refractivity contribution is 5.85. The fourth-order valence-corrected chi connectivity index (χ4v) is 3.90. The molecule has 152 valence electrons. The number of allylic oxidation sites excluding steroid dienone is 5. The predicted octanol–water partition coefficient (Wildman–Crippen LogP) is 5.78. The minimum absolute atomic E-state index is 0.200. The highest BCUT2D eigenvalue weighted by Gasteiger charge is 2.19. The van der Waals surface area contributed by atoms with Crippen LogP contribution in [0.4, 0.5) is 0 Å². The summed E-state index contributed by atoms with van der Waals surface area (Å²) in [4.78, 5) is 0. The first-order chi connectivity index (χ1) is 14.2. The molecule has 0 spiro atoms. The topological polar surface area (TPSA) is 32.3 Å². The molecule has 2 heteroatoms. The molecule has 0 aromatic heterocycles. The maximum Gasteiger partial charge on any atom is 0.0434 e. The first kappa shape index (κ1) is 21.3. The molecule has 29 heavy (non-hydrogen) atoms. The fraction of sp³-hybridized carbons (Fsp3) is 0.333. The second-order valence-corrected chi connectivity index (χ2v) is 7.77. The standard InChI is InChI=1S/C27H33NO/c1-4-7-21(5-2)26(8-6-17-29)27(23-11-9-20(3)10-12-23)24-15-13-22(14-16-24)25-18-28-19-25/h4-5,7,9-16,25,28-29H,6,8,17-19H2,1-3H3/b7-4-,21-5+,27-26-. The Morgan fingerprint density at radius 1 is 1.00 bits per heavy atom. The van der Waals surface area contributed by atoms with Gasteiger partial charge in [0.15, 0.2) is 0 Å². The SMILES string of the molecule is C\C=C/C(=C\C)C(/CCCO)=C(/c1ccc(C)cc1)c1ccc(C2CNC2)cc1. The van der Waals surface area contributed by atoms with Crippen LogP contribution in [0.2, 0.25) is 0 Å². The molecule has 0 amide bonds. The number of rotatable bonds is 8. The molecule has 0 unspecified atom stereocenters. The highest BCUT2D eigenvalue weighted by Crippen LogP contribution is 2.34. The largest absolute Gasteiger partial charge is 0.396 e. The summed E-state index contributed by atoms with van der Waals surface area (Å²) in [5.74, 6) is 0.638. The van der Waals surface area contributed by atoms with Gasteiger partial charge in [0.2, 0.25) is 0 Å². The van der Waals surface area contributed by atoms with Gasteiger partial charge in [0.25, 0.3) is 0 Å². The molecular weight excluding hydrogens is 354 g/mol. The Kier molecular flexibility index (Phi) is 7.62. The van der Waals surface area contributed by atoms with Crippen LogP contribution in [0.3, 0.4) is 0 Å². The van der Waals surface area contributed by atoms with Gasteiger partial charge in [-0.3, -0.25) is 0 Å². The van der Waals surface area contributed by atoms with Crippen LogP contribution < -0.4 is 5.32 Å². The molecule has 2 nitrogen and oxygen atoms in total. The molecule has 0 aliphatic carbocycles. The van der Waals surface area contributed by atoms with Crippen molar-refractivity contribution in [1.82, 2.24) is 5.32 Å². The predicted molar refractivity (Wildman–Crippen MR) is 124 cm³/mol. The van der Waals surface area contributed by atoms with E-state index in [9.17, 15) is 5.11 Å². The summed E-state index contributed by atoms with van der Waals surface area (Å²) in [5, 5.41) is 12.9. The van der Waals surface area contributed by atoms with Gasteiger partial charge in [0.05, 0.1) is 0 Å². The molecule has 1 aliphatic heterocycles. The molecule has 1 aliphatic rings. The summed E-state index contributed by atoms with van der Waals surface area (Å²) in [6.07, 6.45) is 8.04. The van der Waals surface area contributed by atoms with Crippen molar-refractivity contribution in [3.8, 4) is 0 Å². The summed E-state index contributed by atoms with van der Waals surface area (Å²) in [6, 6.07) is 17.9. The Morgan fingerprint density at radius 2 is 1.62 bits per heavy atom. The van der Waals surface area contributed by atoms with Crippen molar-refractivity contribution in [2.45, 2.75) is 39.5 Å². The van der Waals surface area contributed by atoms with Gasteiger partial charge in [-0.05, 0) is 67.0 Å². The lowest BCUT2D eigenvalue weighted by atomic mass is 9.85. The van der Waals surface area contributed by atoms with Crippen molar-refractivity contribution in [2.24, 2.45) is 0 Å². The van der Waals surface area contributed by atoms with Gasteiger partial charge in [-0.25, -0.2) is 0 Å². The van der Waals surface area contributed by atoms with Crippen molar-refractivity contribution >= 4 is 5.57 Å². The Labute approximate surface area is 175 Å². The van der Waals surface area contributed by atoms with E-state index in [2.05, 4.69) is 92.8 Å². The Bertz CT molecular complexity index is 881. The van der Waals surface area contributed by atoms with Gasteiger partial charge in [-0.1, -0.05) is 72.3 Å². The summed E-state index contributed by atoms with van der Waals surface area (Å²) in [5.41, 5.74) is 8.92. The lowest BCUT2D eigenvalue weighted by molar-refractivity contribution is 0.289. The van der Waals surface area contributed by atoms with Crippen molar-refractivity contribution in [2.75, 3.05) is 19.7 Å². The van der Waals surface area contributed by atoms with Crippen LogP contribution in [0.25, 0.3) is 5.57 Å². The van der Waals surface area contributed by atoms with Crippen molar-refractivity contribution in [3.05, 3.63) is 100 Å². The van der Waals surface area contributed by atoms with Gasteiger partial charge >= 0.3 is 0 Å². The third-order valence-corrected chi connectivity index (χ3v) is 5.68. The molecular formula is C27H33NO. The van der Waals surface area contributed by atoms with E-state index in [0.717, 1.165) is 25.9 Å². The number of aliphatic hydroxyl groups excluding tert-OH is 1. The monoisotopic (exact) mass is 387 g/mol.